The third kappa shape index (κ3) is 3.53. The SMILES string of the molecule is C[S+](C)CC(=O)c1cccc(Br)c1. The Morgan fingerprint density at radius 1 is 1.46 bits per heavy atom. The Kier molecular flexibility index (Phi) is 4.00. The van der Waals surface area contributed by atoms with Crippen molar-refractivity contribution in [3.8, 4) is 0 Å². The first-order chi connectivity index (χ1) is 6.09. The van der Waals surface area contributed by atoms with Gasteiger partial charge in [-0.15, -0.1) is 0 Å². The molecule has 0 saturated heterocycles. The molecule has 1 rings (SSSR count). The summed E-state index contributed by atoms with van der Waals surface area (Å²) in [5.74, 6) is 0.880. The number of benzene rings is 1. The van der Waals surface area contributed by atoms with Gasteiger partial charge in [0, 0.05) is 10.0 Å². The second kappa shape index (κ2) is 4.82. The van der Waals surface area contributed by atoms with Gasteiger partial charge in [-0.3, -0.25) is 4.79 Å². The molecule has 0 amide bonds. The van der Waals surface area contributed by atoms with Crippen LogP contribution in [-0.4, -0.2) is 24.0 Å². The van der Waals surface area contributed by atoms with Gasteiger partial charge in [0.25, 0.3) is 0 Å². The summed E-state index contributed by atoms with van der Waals surface area (Å²) in [5, 5.41) is 0. The summed E-state index contributed by atoms with van der Waals surface area (Å²) >= 11 is 3.35. The van der Waals surface area contributed by atoms with Crippen molar-refractivity contribution in [2.75, 3.05) is 18.3 Å². The van der Waals surface area contributed by atoms with E-state index in [0.29, 0.717) is 5.75 Å². The standard InChI is InChI=1S/C10H12BrOS/c1-13(2)7-10(12)8-4-3-5-9(11)6-8/h3-6H,7H2,1-2H3/q+1. The lowest BCUT2D eigenvalue weighted by Crippen LogP contribution is -2.13. The molecule has 0 fully saturated rings. The predicted octanol–water partition coefficient (Wildman–Crippen LogP) is 2.51. The van der Waals surface area contributed by atoms with Crippen LogP contribution in [0.2, 0.25) is 0 Å². The quantitative estimate of drug-likeness (QED) is 0.603. The van der Waals surface area contributed by atoms with Crippen LogP contribution in [0, 0.1) is 0 Å². The Balaban J connectivity index is 2.77. The largest absolute Gasteiger partial charge is 0.289 e. The molecule has 70 valence electrons. The number of rotatable bonds is 3. The number of hydrogen-bond donors (Lipinski definition) is 0. The Morgan fingerprint density at radius 2 is 2.15 bits per heavy atom. The van der Waals surface area contributed by atoms with Crippen molar-refractivity contribution in [1.29, 1.82) is 0 Å². The van der Waals surface area contributed by atoms with Crippen LogP contribution < -0.4 is 0 Å². The Bertz CT molecular complexity index is 310. The minimum atomic E-state index is 0.182. The summed E-state index contributed by atoms with van der Waals surface area (Å²) in [6, 6.07) is 7.55. The van der Waals surface area contributed by atoms with Crippen LogP contribution in [-0.2, 0) is 10.9 Å². The molecule has 0 radical (unpaired) electrons. The third-order valence-corrected chi connectivity index (χ3v) is 2.90. The molecule has 0 heterocycles. The first-order valence-electron chi connectivity index (χ1n) is 3.92. The number of halogens is 1. The van der Waals surface area contributed by atoms with Gasteiger partial charge in [0.05, 0.1) is 12.5 Å². The van der Waals surface area contributed by atoms with Gasteiger partial charge in [-0.25, -0.2) is 0 Å². The summed E-state index contributed by atoms with van der Waals surface area (Å²) in [6.45, 7) is 0. The van der Waals surface area contributed by atoms with Crippen LogP contribution in [0.25, 0.3) is 0 Å². The van der Waals surface area contributed by atoms with Crippen LogP contribution in [0.15, 0.2) is 28.7 Å². The van der Waals surface area contributed by atoms with Crippen molar-refractivity contribution in [2.45, 2.75) is 0 Å². The number of carbonyl (C=O) groups is 1. The van der Waals surface area contributed by atoms with Crippen LogP contribution in [0.3, 0.4) is 0 Å². The fourth-order valence-corrected chi connectivity index (χ4v) is 2.10. The number of hydrogen-bond acceptors (Lipinski definition) is 1. The monoisotopic (exact) mass is 259 g/mol. The lowest BCUT2D eigenvalue weighted by atomic mass is 10.2. The molecule has 0 atom stereocenters. The molecule has 0 spiro atoms. The minimum absolute atomic E-state index is 0.182. The average molecular weight is 260 g/mol. The molecular formula is C10H12BrOS+. The first kappa shape index (κ1) is 10.8. The maximum Gasteiger partial charge on any atom is 0.211 e. The normalized spacial score (nSPS) is 10.5. The fourth-order valence-electron chi connectivity index (χ4n) is 1.01. The molecule has 0 aliphatic heterocycles. The molecular weight excluding hydrogens is 248 g/mol. The molecule has 1 aromatic carbocycles. The number of ketones is 1. The predicted molar refractivity (Wildman–Crippen MR) is 62.6 cm³/mol. The minimum Gasteiger partial charge on any atom is -0.289 e. The molecule has 0 unspecified atom stereocenters. The lowest BCUT2D eigenvalue weighted by molar-refractivity contribution is 0.102. The van der Waals surface area contributed by atoms with Gasteiger partial charge < -0.3 is 0 Å². The molecule has 13 heavy (non-hydrogen) atoms. The maximum atomic E-state index is 11.6. The summed E-state index contributed by atoms with van der Waals surface area (Å²) in [7, 11) is 0.182. The van der Waals surface area contributed by atoms with Crippen molar-refractivity contribution in [1.82, 2.24) is 0 Å². The highest BCUT2D eigenvalue weighted by Crippen LogP contribution is 2.12. The van der Waals surface area contributed by atoms with Crippen molar-refractivity contribution in [3.05, 3.63) is 34.3 Å². The zero-order chi connectivity index (χ0) is 9.84. The van der Waals surface area contributed by atoms with Crippen LogP contribution in [0.5, 0.6) is 0 Å². The van der Waals surface area contributed by atoms with E-state index in [0.717, 1.165) is 10.0 Å². The summed E-state index contributed by atoms with van der Waals surface area (Å²) in [5.41, 5.74) is 0.801. The van der Waals surface area contributed by atoms with Crippen molar-refractivity contribution < 1.29 is 4.79 Å². The Labute approximate surface area is 90.0 Å². The van der Waals surface area contributed by atoms with Crippen LogP contribution in [0.4, 0.5) is 0 Å². The molecule has 0 aliphatic carbocycles. The van der Waals surface area contributed by atoms with Gasteiger partial charge in [-0.2, -0.15) is 0 Å². The van der Waals surface area contributed by atoms with E-state index >= 15 is 0 Å². The molecule has 1 aromatic rings. The van der Waals surface area contributed by atoms with E-state index in [1.807, 2.05) is 24.3 Å². The molecule has 0 N–H and O–H groups in total. The van der Waals surface area contributed by atoms with E-state index in [9.17, 15) is 4.79 Å². The van der Waals surface area contributed by atoms with Gasteiger partial charge in [-0.05, 0) is 23.0 Å². The van der Waals surface area contributed by atoms with Gasteiger partial charge in [0.15, 0.2) is 5.75 Å². The maximum absolute atomic E-state index is 11.6. The van der Waals surface area contributed by atoms with Crippen molar-refractivity contribution in [3.63, 3.8) is 0 Å². The topological polar surface area (TPSA) is 17.1 Å². The zero-order valence-electron chi connectivity index (χ0n) is 7.71. The van der Waals surface area contributed by atoms with Crippen LogP contribution in [0.1, 0.15) is 10.4 Å². The van der Waals surface area contributed by atoms with Gasteiger partial charge in [0.1, 0.15) is 0 Å². The number of carbonyl (C=O) groups excluding carboxylic acids is 1. The van der Waals surface area contributed by atoms with E-state index < -0.39 is 0 Å². The highest BCUT2D eigenvalue weighted by molar-refractivity contribution is 9.10. The third-order valence-electron chi connectivity index (χ3n) is 1.57. The summed E-state index contributed by atoms with van der Waals surface area (Å²) < 4.78 is 0.963. The number of Topliss-reactive ketones (excluding diaryl/α,β-unsaturated/α-hetero) is 1. The Hall–Kier alpha value is -0.280. The van der Waals surface area contributed by atoms with Crippen molar-refractivity contribution in [2.24, 2.45) is 0 Å². The molecule has 0 aliphatic rings. The van der Waals surface area contributed by atoms with E-state index in [1.165, 1.54) is 0 Å². The van der Waals surface area contributed by atoms with E-state index in [2.05, 4.69) is 28.4 Å². The lowest BCUT2D eigenvalue weighted by Gasteiger charge is -1.98. The molecule has 1 nitrogen and oxygen atoms in total. The highest BCUT2D eigenvalue weighted by atomic mass is 79.9. The van der Waals surface area contributed by atoms with Crippen molar-refractivity contribution >= 4 is 32.6 Å². The second-order valence-electron chi connectivity index (χ2n) is 3.06. The van der Waals surface area contributed by atoms with Crippen LogP contribution >= 0.6 is 15.9 Å². The molecule has 0 aromatic heterocycles. The smallest absolute Gasteiger partial charge is 0.211 e. The highest BCUT2D eigenvalue weighted by Gasteiger charge is 2.13. The van der Waals surface area contributed by atoms with E-state index in [4.69, 9.17) is 0 Å². The van der Waals surface area contributed by atoms with Gasteiger partial charge in [0.2, 0.25) is 5.78 Å². The first-order valence-corrected chi connectivity index (χ1v) is 6.93. The summed E-state index contributed by atoms with van der Waals surface area (Å²) in [4.78, 5) is 11.6. The molecule has 3 heteroatoms. The molecule has 0 saturated carbocycles. The summed E-state index contributed by atoms with van der Waals surface area (Å²) in [6.07, 6.45) is 4.16. The second-order valence-corrected chi connectivity index (χ2v) is 6.24. The molecule has 0 bridgehead atoms. The van der Waals surface area contributed by atoms with Gasteiger partial charge in [-0.1, -0.05) is 28.1 Å². The zero-order valence-corrected chi connectivity index (χ0v) is 10.1. The van der Waals surface area contributed by atoms with Gasteiger partial charge >= 0.3 is 0 Å². The fraction of sp³-hybridized carbons (Fsp3) is 0.300. The van der Waals surface area contributed by atoms with E-state index in [-0.39, 0.29) is 16.7 Å². The van der Waals surface area contributed by atoms with E-state index in [1.54, 1.807) is 0 Å². The Morgan fingerprint density at radius 3 is 2.69 bits per heavy atom. The average Bonchev–Trinajstić information content (AvgIpc) is 2.03.